The zero-order valence-electron chi connectivity index (χ0n) is 12.7. The van der Waals surface area contributed by atoms with Crippen molar-refractivity contribution in [2.45, 2.75) is 51.7 Å². The third-order valence-electron chi connectivity index (χ3n) is 4.60. The molecule has 118 valence electrons. The van der Waals surface area contributed by atoms with Crippen molar-refractivity contribution >= 4 is 11.9 Å². The van der Waals surface area contributed by atoms with Crippen LogP contribution in [0.2, 0.25) is 0 Å². The average molecular weight is 295 g/mol. The van der Waals surface area contributed by atoms with Gasteiger partial charge in [0.15, 0.2) is 0 Å². The second-order valence-corrected chi connectivity index (χ2v) is 6.00. The number of fused-ring (bicyclic) bond motifs is 2. The van der Waals surface area contributed by atoms with Gasteiger partial charge in [-0.05, 0) is 12.3 Å². The van der Waals surface area contributed by atoms with Crippen LogP contribution in [0.5, 0.6) is 0 Å². The van der Waals surface area contributed by atoms with Crippen LogP contribution in [0, 0.1) is 17.8 Å². The molecule has 21 heavy (non-hydrogen) atoms. The fourth-order valence-electron chi connectivity index (χ4n) is 3.22. The number of hydrogen-bond acceptors (Lipinski definition) is 3. The third kappa shape index (κ3) is 3.46. The lowest BCUT2D eigenvalue weighted by molar-refractivity contribution is -0.146. The van der Waals surface area contributed by atoms with Gasteiger partial charge in [-0.2, -0.15) is 0 Å². The molecule has 0 spiro atoms. The van der Waals surface area contributed by atoms with Crippen LogP contribution in [-0.4, -0.2) is 35.7 Å². The number of carboxylic acids is 1. The molecule has 2 N–H and O–H groups in total. The molecular formula is C16H25NO4. The minimum atomic E-state index is -0.954. The highest BCUT2D eigenvalue weighted by Gasteiger charge is 2.53. The monoisotopic (exact) mass is 295 g/mol. The summed E-state index contributed by atoms with van der Waals surface area (Å²) in [4.78, 5) is 23.7. The van der Waals surface area contributed by atoms with E-state index in [0.29, 0.717) is 12.5 Å². The fourth-order valence-corrected chi connectivity index (χ4v) is 3.22. The maximum Gasteiger partial charge on any atom is 0.310 e. The molecule has 0 aromatic rings. The topological polar surface area (TPSA) is 75.6 Å². The van der Waals surface area contributed by atoms with Gasteiger partial charge in [0.25, 0.3) is 0 Å². The highest BCUT2D eigenvalue weighted by molar-refractivity contribution is 5.87. The molecule has 2 bridgehead atoms. The van der Waals surface area contributed by atoms with E-state index in [0.717, 1.165) is 25.7 Å². The Morgan fingerprint density at radius 3 is 2.48 bits per heavy atom. The number of ether oxygens (including phenoxy) is 1. The molecule has 5 nitrogen and oxygen atoms in total. The normalized spacial score (nSPS) is 31.3. The lowest BCUT2D eigenvalue weighted by Crippen LogP contribution is -2.43. The first-order chi connectivity index (χ1) is 10.1. The standard InChI is InChI=1S/C16H25NO4/c1-3-5-6-10(4-2)9-17-15(18)13-11-7-8-12(21-11)14(13)16(19)20/h7-8,10-14H,3-6,9H2,1-2H3,(H,17,18)(H,19,20)/t10-,11-,12+,13-,14-/m0/s1. The quantitative estimate of drug-likeness (QED) is 0.671. The predicted octanol–water partition coefficient (Wildman–Crippen LogP) is 1.97. The van der Waals surface area contributed by atoms with Crippen molar-refractivity contribution in [2.75, 3.05) is 6.54 Å². The maximum absolute atomic E-state index is 12.4. The molecule has 0 saturated carbocycles. The molecule has 1 saturated heterocycles. The van der Waals surface area contributed by atoms with Gasteiger partial charge in [-0.25, -0.2) is 0 Å². The van der Waals surface area contributed by atoms with Crippen molar-refractivity contribution in [1.29, 1.82) is 0 Å². The number of carboxylic acid groups (broad SMARTS) is 1. The van der Waals surface area contributed by atoms with E-state index >= 15 is 0 Å². The van der Waals surface area contributed by atoms with Crippen molar-refractivity contribution in [2.24, 2.45) is 17.8 Å². The van der Waals surface area contributed by atoms with E-state index in [1.54, 1.807) is 6.08 Å². The summed E-state index contributed by atoms with van der Waals surface area (Å²) < 4.78 is 5.53. The summed E-state index contributed by atoms with van der Waals surface area (Å²) in [6.07, 6.45) is 7.16. The Labute approximate surface area is 125 Å². The van der Waals surface area contributed by atoms with E-state index in [-0.39, 0.29) is 12.0 Å². The first-order valence-electron chi connectivity index (χ1n) is 7.92. The van der Waals surface area contributed by atoms with Gasteiger partial charge in [0, 0.05) is 6.54 Å². The van der Waals surface area contributed by atoms with Crippen molar-refractivity contribution < 1.29 is 19.4 Å². The second-order valence-electron chi connectivity index (χ2n) is 6.00. The Morgan fingerprint density at radius 1 is 1.24 bits per heavy atom. The molecule has 0 aliphatic carbocycles. The van der Waals surface area contributed by atoms with Gasteiger partial charge >= 0.3 is 5.97 Å². The van der Waals surface area contributed by atoms with E-state index in [9.17, 15) is 14.7 Å². The summed E-state index contributed by atoms with van der Waals surface area (Å²) in [7, 11) is 0. The van der Waals surface area contributed by atoms with Gasteiger partial charge in [0.1, 0.15) is 5.92 Å². The SMILES string of the molecule is CCCC[C@H](CC)CNC(=O)[C@@H]1[C@@H](C(=O)O)[C@H]2C=C[C@@H]1O2. The minimum absolute atomic E-state index is 0.186. The van der Waals surface area contributed by atoms with Crippen LogP contribution in [0.3, 0.4) is 0 Å². The van der Waals surface area contributed by atoms with E-state index in [1.165, 1.54) is 0 Å². The van der Waals surface area contributed by atoms with Gasteiger partial charge in [0.2, 0.25) is 5.91 Å². The number of carbonyl (C=O) groups excluding carboxylic acids is 1. The number of hydrogen-bond donors (Lipinski definition) is 2. The Hall–Kier alpha value is -1.36. The van der Waals surface area contributed by atoms with Crippen LogP contribution in [0.25, 0.3) is 0 Å². The summed E-state index contributed by atoms with van der Waals surface area (Å²) in [5.74, 6) is -2.02. The molecule has 5 atom stereocenters. The van der Waals surface area contributed by atoms with Gasteiger partial charge < -0.3 is 15.2 Å². The highest BCUT2D eigenvalue weighted by Crippen LogP contribution is 2.39. The molecule has 2 heterocycles. The summed E-state index contributed by atoms with van der Waals surface area (Å²) >= 11 is 0. The van der Waals surface area contributed by atoms with Gasteiger partial charge in [-0.3, -0.25) is 9.59 Å². The molecule has 1 amide bonds. The smallest absolute Gasteiger partial charge is 0.310 e. The average Bonchev–Trinajstić information content (AvgIpc) is 3.07. The number of rotatable bonds is 8. The largest absolute Gasteiger partial charge is 0.481 e. The molecule has 5 heteroatoms. The molecule has 0 radical (unpaired) electrons. The summed E-state index contributed by atoms with van der Waals surface area (Å²) in [6, 6.07) is 0. The Morgan fingerprint density at radius 2 is 1.90 bits per heavy atom. The van der Waals surface area contributed by atoms with Crippen molar-refractivity contribution in [3.05, 3.63) is 12.2 Å². The number of aliphatic carboxylic acids is 1. The number of nitrogens with one attached hydrogen (secondary N) is 1. The molecule has 2 rings (SSSR count). The van der Waals surface area contributed by atoms with E-state index in [2.05, 4.69) is 19.2 Å². The van der Waals surface area contributed by atoms with Crippen LogP contribution in [0.4, 0.5) is 0 Å². The number of carbonyl (C=O) groups is 2. The van der Waals surface area contributed by atoms with Crippen LogP contribution < -0.4 is 5.32 Å². The van der Waals surface area contributed by atoms with E-state index < -0.39 is 23.9 Å². The maximum atomic E-state index is 12.4. The van der Waals surface area contributed by atoms with Crippen molar-refractivity contribution in [3.8, 4) is 0 Å². The molecule has 1 fully saturated rings. The van der Waals surface area contributed by atoms with Gasteiger partial charge in [-0.1, -0.05) is 45.3 Å². The van der Waals surface area contributed by atoms with Crippen LogP contribution >= 0.6 is 0 Å². The minimum Gasteiger partial charge on any atom is -0.481 e. The summed E-state index contributed by atoms with van der Waals surface area (Å²) in [6.45, 7) is 4.90. The third-order valence-corrected chi connectivity index (χ3v) is 4.60. The van der Waals surface area contributed by atoms with Gasteiger partial charge in [0.05, 0.1) is 18.1 Å². The molecule has 0 unspecified atom stereocenters. The summed E-state index contributed by atoms with van der Waals surface area (Å²) in [5, 5.41) is 12.2. The number of unbranched alkanes of at least 4 members (excludes halogenated alkanes) is 1. The number of amides is 1. The zero-order valence-corrected chi connectivity index (χ0v) is 12.7. The predicted molar refractivity (Wildman–Crippen MR) is 78.7 cm³/mol. The molecular weight excluding hydrogens is 270 g/mol. The Balaban J connectivity index is 1.90. The lowest BCUT2D eigenvalue weighted by Gasteiger charge is -2.22. The second kappa shape index (κ2) is 7.07. The van der Waals surface area contributed by atoms with Crippen LogP contribution in [-0.2, 0) is 14.3 Å². The van der Waals surface area contributed by atoms with Crippen molar-refractivity contribution in [1.82, 2.24) is 5.32 Å². The van der Waals surface area contributed by atoms with Crippen LogP contribution in [0.1, 0.15) is 39.5 Å². The molecule has 2 aliphatic heterocycles. The molecule has 0 aromatic carbocycles. The first kappa shape index (κ1) is 16.0. The Bertz CT molecular complexity index is 421. The highest BCUT2D eigenvalue weighted by atomic mass is 16.5. The molecule has 2 aliphatic rings. The summed E-state index contributed by atoms with van der Waals surface area (Å²) in [5.41, 5.74) is 0. The lowest BCUT2D eigenvalue weighted by atomic mass is 9.82. The van der Waals surface area contributed by atoms with Crippen LogP contribution in [0.15, 0.2) is 12.2 Å². The first-order valence-corrected chi connectivity index (χ1v) is 7.92. The van der Waals surface area contributed by atoms with E-state index in [4.69, 9.17) is 4.74 Å². The Kier molecular flexibility index (Phi) is 5.39. The van der Waals surface area contributed by atoms with E-state index in [1.807, 2.05) is 6.08 Å². The fraction of sp³-hybridized carbons (Fsp3) is 0.750. The van der Waals surface area contributed by atoms with Gasteiger partial charge in [-0.15, -0.1) is 0 Å². The molecule has 0 aromatic heterocycles. The zero-order chi connectivity index (χ0) is 15.4. The van der Waals surface area contributed by atoms with Crippen molar-refractivity contribution in [3.63, 3.8) is 0 Å².